The van der Waals surface area contributed by atoms with E-state index >= 15 is 0 Å². The number of nitrogens with zero attached hydrogens (tertiary/aromatic N) is 4. The Morgan fingerprint density at radius 2 is 0.954 bits per heavy atom. The number of aliphatic carboxylic acids is 1. The third-order valence-electron chi connectivity index (χ3n) is 14.7. The van der Waals surface area contributed by atoms with Crippen LogP contribution >= 0.6 is 0 Å². The Hall–Kier alpha value is -4.28. The molecule has 0 unspecified atom stereocenters. The van der Waals surface area contributed by atoms with E-state index in [4.69, 9.17) is 29.3 Å². The van der Waals surface area contributed by atoms with E-state index in [0.717, 1.165) is 147 Å². The zero-order valence-electron chi connectivity index (χ0n) is 39.2. The fourth-order valence-corrected chi connectivity index (χ4v) is 10.4. The average molecular weight is 895 g/mol. The molecule has 2 aliphatic carbocycles. The fourth-order valence-electron chi connectivity index (χ4n) is 10.4. The van der Waals surface area contributed by atoms with Crippen LogP contribution in [0.2, 0.25) is 0 Å². The van der Waals surface area contributed by atoms with Crippen LogP contribution in [0.5, 0.6) is 11.5 Å². The highest BCUT2D eigenvalue weighted by molar-refractivity contribution is 5.81. The Balaban J connectivity index is 0.000000237. The molecule has 0 bridgehead atoms. The number of esters is 1. The molecule has 0 atom stereocenters. The van der Waals surface area contributed by atoms with Gasteiger partial charge < -0.3 is 19.3 Å². The number of likely N-dealkylation sites (tertiary alicyclic amines) is 2. The number of rotatable bonds is 10. The quantitative estimate of drug-likeness (QED) is 0.154. The molecule has 2 saturated carbocycles. The molecule has 4 aromatic rings. The molecule has 4 aliphatic rings. The number of aromatic nitrogens is 2. The van der Waals surface area contributed by atoms with Crippen LogP contribution in [0.15, 0.2) is 60.7 Å². The number of hydrogen-bond donors (Lipinski definition) is 1. The van der Waals surface area contributed by atoms with E-state index in [0.29, 0.717) is 23.0 Å². The molecule has 4 heterocycles. The van der Waals surface area contributed by atoms with Gasteiger partial charge in [-0.05, 0) is 174 Å². The monoisotopic (exact) mass is 895 g/mol. The minimum absolute atomic E-state index is 0. The smallest absolute Gasteiger partial charge is 0.308 e. The second kappa shape index (κ2) is 23.0. The SMILES string of the molecule is C.C.CC(C)(C)C1CCC(Oc2ccc3nc(CN4CCC(C(=O)O)CC4)ccc3c2)CC1.COC(=O)C1CCN(Cc2ccc3cc(OC4CCC(C(C)(C)C)CC4)ccc3n2)CC1. The van der Waals surface area contributed by atoms with Gasteiger partial charge in [-0.3, -0.25) is 29.4 Å². The number of ether oxygens (including phenoxy) is 3. The molecule has 2 aliphatic heterocycles. The first-order valence-electron chi connectivity index (χ1n) is 24.0. The van der Waals surface area contributed by atoms with E-state index in [1.807, 2.05) is 6.07 Å². The predicted molar refractivity (Wildman–Crippen MR) is 264 cm³/mol. The van der Waals surface area contributed by atoms with E-state index in [2.05, 4.69) is 106 Å². The summed E-state index contributed by atoms with van der Waals surface area (Å²) in [6.45, 7) is 19.2. The standard InChI is InChI=1S/C27H38N2O3.C26H36N2O3.2CH4/c1-27(2,3)21-6-9-23(10-7-21)32-24-11-12-25-20(17-24)5-8-22(28-25)18-29-15-13-19(14-16-29)26(30)31-4;1-26(2,3)20-5-8-22(9-6-20)31-23-10-11-24-19(16-23)4-7-21(27-24)17-28-14-12-18(13-15-28)25(29)30;;/h5,8,11-12,17,19,21,23H,6-7,9-10,13-16,18H2,1-4H3;4,7,10-11,16,18,20,22H,5-6,8-9,12-15,17H2,1-3H3,(H,29,30);2*1H4. The Morgan fingerprint density at radius 1 is 0.569 bits per heavy atom. The summed E-state index contributed by atoms with van der Waals surface area (Å²) >= 11 is 0. The fraction of sp³-hybridized carbons (Fsp3) is 0.636. The number of piperidine rings is 2. The van der Waals surface area contributed by atoms with Gasteiger partial charge in [0.25, 0.3) is 0 Å². The molecule has 8 rings (SSSR count). The van der Waals surface area contributed by atoms with Crippen LogP contribution in [-0.2, 0) is 27.4 Å². The summed E-state index contributed by atoms with van der Waals surface area (Å²) in [5.74, 6) is 2.60. The second-order valence-electron chi connectivity index (χ2n) is 21.2. The summed E-state index contributed by atoms with van der Waals surface area (Å²) in [4.78, 5) is 37.2. The Labute approximate surface area is 391 Å². The summed E-state index contributed by atoms with van der Waals surface area (Å²) in [6.07, 6.45) is 13.4. The third-order valence-corrected chi connectivity index (χ3v) is 14.7. The first-order chi connectivity index (χ1) is 30.1. The highest BCUT2D eigenvalue weighted by Gasteiger charge is 2.32. The van der Waals surface area contributed by atoms with E-state index in [1.165, 1.54) is 32.8 Å². The molecule has 358 valence electrons. The summed E-state index contributed by atoms with van der Waals surface area (Å²) in [7, 11) is 1.47. The lowest BCUT2D eigenvalue weighted by atomic mass is 9.72. The molecular weight excluding hydrogens is 813 g/mol. The molecule has 10 nitrogen and oxygen atoms in total. The molecule has 0 amide bonds. The summed E-state index contributed by atoms with van der Waals surface area (Å²) in [6, 6.07) is 21.0. The molecule has 2 aromatic carbocycles. The van der Waals surface area contributed by atoms with Crippen molar-refractivity contribution < 1.29 is 28.9 Å². The van der Waals surface area contributed by atoms with Crippen molar-refractivity contribution in [1.82, 2.24) is 19.8 Å². The molecular formula is C55H82N4O6. The van der Waals surface area contributed by atoms with Crippen molar-refractivity contribution in [3.05, 3.63) is 72.1 Å². The predicted octanol–water partition coefficient (Wildman–Crippen LogP) is 12.4. The topological polar surface area (TPSA) is 114 Å². The summed E-state index contributed by atoms with van der Waals surface area (Å²) in [5, 5.41) is 11.4. The van der Waals surface area contributed by atoms with Crippen molar-refractivity contribution in [2.75, 3.05) is 33.3 Å². The number of benzene rings is 2. The minimum Gasteiger partial charge on any atom is -0.490 e. The lowest BCUT2D eigenvalue weighted by Gasteiger charge is -2.37. The van der Waals surface area contributed by atoms with Crippen molar-refractivity contribution in [3.8, 4) is 11.5 Å². The Morgan fingerprint density at radius 3 is 1.31 bits per heavy atom. The number of carboxylic acids is 1. The first-order valence-corrected chi connectivity index (χ1v) is 24.0. The number of carboxylic acid groups (broad SMARTS) is 1. The molecule has 4 fully saturated rings. The summed E-state index contributed by atoms with van der Waals surface area (Å²) < 4.78 is 17.5. The number of carbonyl (C=O) groups is 2. The largest absolute Gasteiger partial charge is 0.490 e. The van der Waals surface area contributed by atoms with Crippen LogP contribution in [0, 0.1) is 34.5 Å². The van der Waals surface area contributed by atoms with Gasteiger partial charge in [-0.2, -0.15) is 0 Å². The summed E-state index contributed by atoms with van der Waals surface area (Å²) in [5.41, 5.74) is 4.90. The van der Waals surface area contributed by atoms with Gasteiger partial charge in [0.1, 0.15) is 11.5 Å². The van der Waals surface area contributed by atoms with Crippen molar-refractivity contribution in [3.63, 3.8) is 0 Å². The van der Waals surface area contributed by atoms with Crippen molar-refractivity contribution in [2.24, 2.45) is 34.5 Å². The van der Waals surface area contributed by atoms with Gasteiger partial charge in [-0.25, -0.2) is 0 Å². The minimum atomic E-state index is -0.663. The number of carbonyl (C=O) groups excluding carboxylic acids is 1. The number of fused-ring (bicyclic) bond motifs is 2. The van der Waals surface area contributed by atoms with E-state index in [1.54, 1.807) is 0 Å². The zero-order valence-corrected chi connectivity index (χ0v) is 39.2. The lowest BCUT2D eigenvalue weighted by molar-refractivity contribution is -0.147. The van der Waals surface area contributed by atoms with E-state index in [-0.39, 0.29) is 32.7 Å². The molecule has 2 aromatic heterocycles. The van der Waals surface area contributed by atoms with Crippen LogP contribution in [0.1, 0.15) is 145 Å². The number of pyridine rings is 2. The van der Waals surface area contributed by atoms with Gasteiger partial charge in [0.05, 0.1) is 53.6 Å². The Bertz CT molecular complexity index is 2130. The van der Waals surface area contributed by atoms with Gasteiger partial charge in [0.2, 0.25) is 0 Å². The molecule has 10 heteroatoms. The second-order valence-corrected chi connectivity index (χ2v) is 21.2. The molecule has 65 heavy (non-hydrogen) atoms. The average Bonchev–Trinajstić information content (AvgIpc) is 3.26. The van der Waals surface area contributed by atoms with Crippen molar-refractivity contribution in [2.45, 2.75) is 159 Å². The van der Waals surface area contributed by atoms with Crippen molar-refractivity contribution in [1.29, 1.82) is 0 Å². The first kappa shape index (κ1) is 51.7. The Kier molecular flexibility index (Phi) is 18.3. The van der Waals surface area contributed by atoms with Gasteiger partial charge in [-0.15, -0.1) is 0 Å². The molecule has 1 N–H and O–H groups in total. The van der Waals surface area contributed by atoms with Crippen LogP contribution in [0.3, 0.4) is 0 Å². The maximum atomic E-state index is 11.7. The number of methoxy groups -OCH3 is 1. The van der Waals surface area contributed by atoms with Gasteiger partial charge >= 0.3 is 11.9 Å². The molecule has 0 spiro atoms. The number of hydrogen-bond acceptors (Lipinski definition) is 9. The van der Waals surface area contributed by atoms with E-state index in [9.17, 15) is 9.59 Å². The normalized spacial score (nSPS) is 22.8. The van der Waals surface area contributed by atoms with Crippen molar-refractivity contribution >= 4 is 33.7 Å². The maximum absolute atomic E-state index is 11.7. The highest BCUT2D eigenvalue weighted by atomic mass is 16.5. The van der Waals surface area contributed by atoms with Gasteiger partial charge in [-0.1, -0.05) is 68.5 Å². The van der Waals surface area contributed by atoms with Gasteiger partial charge in [0, 0.05) is 23.9 Å². The maximum Gasteiger partial charge on any atom is 0.308 e. The van der Waals surface area contributed by atoms with Crippen LogP contribution in [0.4, 0.5) is 0 Å². The zero-order chi connectivity index (χ0) is 44.7. The third kappa shape index (κ3) is 14.4. The van der Waals surface area contributed by atoms with Gasteiger partial charge in [0.15, 0.2) is 0 Å². The highest BCUT2D eigenvalue weighted by Crippen LogP contribution is 2.40. The molecule has 0 radical (unpaired) electrons. The van der Waals surface area contributed by atoms with Crippen LogP contribution < -0.4 is 9.47 Å². The van der Waals surface area contributed by atoms with Crippen LogP contribution in [0.25, 0.3) is 21.8 Å². The van der Waals surface area contributed by atoms with Crippen LogP contribution in [-0.4, -0.2) is 82.3 Å². The lowest BCUT2D eigenvalue weighted by Crippen LogP contribution is -2.36. The molecule has 2 saturated heterocycles. The van der Waals surface area contributed by atoms with E-state index < -0.39 is 5.97 Å².